The number of sulfone groups is 1. The van der Waals surface area contributed by atoms with Crippen molar-refractivity contribution in [2.24, 2.45) is 0 Å². The Labute approximate surface area is 112 Å². The summed E-state index contributed by atoms with van der Waals surface area (Å²) >= 11 is 0. The van der Waals surface area contributed by atoms with E-state index in [0.29, 0.717) is 12.6 Å². The van der Waals surface area contributed by atoms with Gasteiger partial charge in [-0.15, -0.1) is 0 Å². The van der Waals surface area contributed by atoms with Crippen LogP contribution in [-0.2, 0) is 9.84 Å². The molecular weight excluding hydrogens is 248 g/mol. The lowest BCUT2D eigenvalue weighted by atomic mass is 9.89. The van der Waals surface area contributed by atoms with Crippen LogP contribution in [0.1, 0.15) is 40.5 Å². The van der Waals surface area contributed by atoms with E-state index in [2.05, 4.69) is 31.0 Å². The molecule has 1 N–H and O–H groups in total. The molecular formula is C13H28N2O2S. The molecule has 4 nitrogen and oxygen atoms in total. The Kier molecular flexibility index (Phi) is 5.62. The highest BCUT2D eigenvalue weighted by Crippen LogP contribution is 2.22. The molecule has 1 saturated heterocycles. The molecule has 0 aliphatic carbocycles. The third-order valence-electron chi connectivity index (χ3n) is 4.38. The first-order valence-corrected chi connectivity index (χ1v) is 8.89. The van der Waals surface area contributed by atoms with Crippen LogP contribution in [0.25, 0.3) is 0 Å². The molecule has 0 aromatic carbocycles. The van der Waals surface area contributed by atoms with E-state index in [4.69, 9.17) is 0 Å². The zero-order chi connectivity index (χ0) is 13.8. The van der Waals surface area contributed by atoms with Crippen LogP contribution in [0.3, 0.4) is 0 Å². The van der Waals surface area contributed by atoms with Gasteiger partial charge in [0.2, 0.25) is 0 Å². The summed E-state index contributed by atoms with van der Waals surface area (Å²) in [5.74, 6) is 0.539. The summed E-state index contributed by atoms with van der Waals surface area (Å²) in [6, 6.07) is 0.420. The van der Waals surface area contributed by atoms with Crippen LogP contribution >= 0.6 is 0 Å². The molecule has 0 aromatic rings. The second-order valence-corrected chi connectivity index (χ2v) is 7.90. The molecule has 18 heavy (non-hydrogen) atoms. The van der Waals surface area contributed by atoms with Crippen molar-refractivity contribution in [3.63, 3.8) is 0 Å². The molecule has 108 valence electrons. The van der Waals surface area contributed by atoms with Gasteiger partial charge < -0.3 is 5.32 Å². The lowest BCUT2D eigenvalue weighted by Crippen LogP contribution is -2.63. The van der Waals surface area contributed by atoms with Crippen LogP contribution in [0.4, 0.5) is 0 Å². The molecule has 1 aliphatic rings. The summed E-state index contributed by atoms with van der Waals surface area (Å²) in [6.07, 6.45) is 2.18. The van der Waals surface area contributed by atoms with Crippen molar-refractivity contribution in [1.82, 2.24) is 10.2 Å². The fourth-order valence-electron chi connectivity index (χ4n) is 2.52. The number of hydrogen-bond donors (Lipinski definition) is 1. The lowest BCUT2D eigenvalue weighted by Gasteiger charge is -2.46. The molecule has 0 amide bonds. The monoisotopic (exact) mass is 276 g/mol. The smallest absolute Gasteiger partial charge is 0.151 e. The first kappa shape index (κ1) is 15.9. The van der Waals surface area contributed by atoms with Gasteiger partial charge in [-0.05, 0) is 19.8 Å². The molecule has 1 atom stereocenters. The Balaban J connectivity index is 2.63. The fraction of sp³-hybridized carbons (Fsp3) is 1.00. The molecule has 0 radical (unpaired) electrons. The Morgan fingerprint density at radius 1 is 1.28 bits per heavy atom. The maximum Gasteiger partial charge on any atom is 0.151 e. The summed E-state index contributed by atoms with van der Waals surface area (Å²) in [5.41, 5.74) is 0.169. The van der Waals surface area contributed by atoms with Crippen LogP contribution in [0, 0.1) is 0 Å². The average Bonchev–Trinajstić information content (AvgIpc) is 2.38. The SMILES string of the molecule is CCC1(CC)CN(CCS(=O)(=O)CC)C(C)CN1. The normalized spacial score (nSPS) is 25.2. The van der Waals surface area contributed by atoms with Crippen molar-refractivity contribution in [3.8, 4) is 0 Å². The van der Waals surface area contributed by atoms with Crippen molar-refractivity contribution in [2.45, 2.75) is 52.1 Å². The Morgan fingerprint density at radius 2 is 1.89 bits per heavy atom. The van der Waals surface area contributed by atoms with Gasteiger partial charge in [0.15, 0.2) is 9.84 Å². The minimum atomic E-state index is -2.86. The minimum Gasteiger partial charge on any atom is -0.308 e. The topological polar surface area (TPSA) is 49.4 Å². The highest BCUT2D eigenvalue weighted by Gasteiger charge is 2.35. The molecule has 0 saturated carbocycles. The third kappa shape index (κ3) is 3.93. The van der Waals surface area contributed by atoms with Gasteiger partial charge in [-0.1, -0.05) is 20.8 Å². The second-order valence-electron chi connectivity index (χ2n) is 5.42. The highest BCUT2D eigenvalue weighted by molar-refractivity contribution is 7.91. The molecule has 1 rings (SSSR count). The minimum absolute atomic E-state index is 0.169. The Hall–Kier alpha value is -0.130. The number of piperazine rings is 1. The molecule has 0 bridgehead atoms. The molecule has 1 unspecified atom stereocenters. The summed E-state index contributed by atoms with van der Waals surface area (Å²) in [5, 5.41) is 3.63. The first-order chi connectivity index (χ1) is 8.38. The van der Waals surface area contributed by atoms with Crippen molar-refractivity contribution in [2.75, 3.05) is 31.1 Å². The van der Waals surface area contributed by atoms with Gasteiger partial charge in [-0.2, -0.15) is 0 Å². The van der Waals surface area contributed by atoms with Gasteiger partial charge in [0.1, 0.15) is 0 Å². The van der Waals surface area contributed by atoms with E-state index in [1.165, 1.54) is 0 Å². The van der Waals surface area contributed by atoms with Gasteiger partial charge in [0, 0.05) is 37.0 Å². The molecule has 1 heterocycles. The Bertz CT molecular complexity index is 350. The maximum atomic E-state index is 11.6. The van der Waals surface area contributed by atoms with Gasteiger partial charge in [-0.25, -0.2) is 8.42 Å². The largest absolute Gasteiger partial charge is 0.308 e. The van der Waals surface area contributed by atoms with Crippen LogP contribution < -0.4 is 5.32 Å². The molecule has 1 aliphatic heterocycles. The quantitative estimate of drug-likeness (QED) is 0.794. The van der Waals surface area contributed by atoms with Gasteiger partial charge in [-0.3, -0.25) is 4.90 Å². The third-order valence-corrected chi connectivity index (χ3v) is 6.07. The second kappa shape index (κ2) is 6.35. The summed E-state index contributed by atoms with van der Waals surface area (Å²) in [7, 11) is -2.86. The van der Waals surface area contributed by atoms with E-state index in [-0.39, 0.29) is 17.0 Å². The van der Waals surface area contributed by atoms with Crippen LogP contribution in [0.2, 0.25) is 0 Å². The van der Waals surface area contributed by atoms with Crippen molar-refractivity contribution in [1.29, 1.82) is 0 Å². The summed E-state index contributed by atoms with van der Waals surface area (Å²) in [6.45, 7) is 10.9. The van der Waals surface area contributed by atoms with E-state index in [1.807, 2.05) is 0 Å². The van der Waals surface area contributed by atoms with Crippen molar-refractivity contribution in [3.05, 3.63) is 0 Å². The molecule has 5 heteroatoms. The number of nitrogens with zero attached hydrogens (tertiary/aromatic N) is 1. The number of hydrogen-bond acceptors (Lipinski definition) is 4. The first-order valence-electron chi connectivity index (χ1n) is 7.07. The van der Waals surface area contributed by atoms with Crippen molar-refractivity contribution < 1.29 is 8.42 Å². The van der Waals surface area contributed by atoms with Crippen molar-refractivity contribution >= 4 is 9.84 Å². The highest BCUT2D eigenvalue weighted by atomic mass is 32.2. The zero-order valence-electron chi connectivity index (χ0n) is 12.2. The summed E-state index contributed by atoms with van der Waals surface area (Å²) in [4.78, 5) is 2.33. The van der Waals surface area contributed by atoms with E-state index in [0.717, 1.165) is 25.9 Å². The van der Waals surface area contributed by atoms with E-state index in [9.17, 15) is 8.42 Å². The number of nitrogens with one attached hydrogen (secondary N) is 1. The van der Waals surface area contributed by atoms with Gasteiger partial charge >= 0.3 is 0 Å². The zero-order valence-corrected chi connectivity index (χ0v) is 13.0. The molecule has 0 aromatic heterocycles. The van der Waals surface area contributed by atoms with Crippen LogP contribution in [0.15, 0.2) is 0 Å². The number of rotatable bonds is 6. The van der Waals surface area contributed by atoms with E-state index < -0.39 is 9.84 Å². The van der Waals surface area contributed by atoms with E-state index >= 15 is 0 Å². The predicted octanol–water partition coefficient (Wildman–Crippen LogP) is 1.27. The maximum absolute atomic E-state index is 11.6. The standard InChI is InChI=1S/C13H28N2O2S/c1-5-13(6-2)11-15(12(4)10-14-13)8-9-18(16,17)7-3/h12,14H,5-11H2,1-4H3. The van der Waals surface area contributed by atoms with Gasteiger partial charge in [0.05, 0.1) is 5.75 Å². The average molecular weight is 276 g/mol. The summed E-state index contributed by atoms with van der Waals surface area (Å²) < 4.78 is 23.2. The predicted molar refractivity (Wildman–Crippen MR) is 76.7 cm³/mol. The van der Waals surface area contributed by atoms with Crippen LogP contribution in [0.5, 0.6) is 0 Å². The van der Waals surface area contributed by atoms with Crippen LogP contribution in [-0.4, -0.2) is 56.0 Å². The molecule has 1 fully saturated rings. The van der Waals surface area contributed by atoms with Gasteiger partial charge in [0.25, 0.3) is 0 Å². The Morgan fingerprint density at radius 3 is 2.39 bits per heavy atom. The molecule has 0 spiro atoms. The van der Waals surface area contributed by atoms with E-state index in [1.54, 1.807) is 6.92 Å². The fourth-order valence-corrected chi connectivity index (χ4v) is 3.32. The lowest BCUT2D eigenvalue weighted by molar-refractivity contribution is 0.0864.